The fraction of sp³-hybridized carbons (Fsp3) is 0.500. The Morgan fingerprint density at radius 1 is 1.05 bits per heavy atom. The van der Waals surface area contributed by atoms with E-state index in [9.17, 15) is 18.4 Å². The van der Waals surface area contributed by atoms with Gasteiger partial charge in [0.05, 0.1) is 13.2 Å². The summed E-state index contributed by atoms with van der Waals surface area (Å²) in [4.78, 5) is 28.8. The maximum absolute atomic E-state index is 14.4. The number of nitrogens with one attached hydrogen (secondary N) is 1. The van der Waals surface area contributed by atoms with Crippen molar-refractivity contribution < 1.29 is 27.8 Å². The van der Waals surface area contributed by atoms with Crippen LogP contribution in [0.2, 0.25) is 0 Å². The van der Waals surface area contributed by atoms with E-state index in [2.05, 4.69) is 5.32 Å². The van der Waals surface area contributed by atoms with E-state index in [1.807, 2.05) is 45.0 Å². The molecule has 0 radical (unpaired) electrons. The molecule has 0 unspecified atom stereocenters. The standard InChI is InChI=1S/C28H37F2N3O4/c1-28(2,3)37-27(35)32-13-11-21(12-14-32)17-33(18-23-9-10-24(29)15-25(23)30)26(34)31-16-20-5-7-22(8-6-20)19-36-4/h5-10,15,21H,11-14,16-19H2,1-4H3,(H,31,34). The van der Waals surface area contributed by atoms with Crippen LogP contribution in [-0.4, -0.2) is 54.3 Å². The van der Waals surface area contributed by atoms with Gasteiger partial charge in [0.25, 0.3) is 0 Å². The predicted octanol–water partition coefficient (Wildman–Crippen LogP) is 5.47. The fourth-order valence-electron chi connectivity index (χ4n) is 4.22. The van der Waals surface area contributed by atoms with Gasteiger partial charge in [-0.3, -0.25) is 0 Å². The number of halogens is 2. The summed E-state index contributed by atoms with van der Waals surface area (Å²) in [6, 6.07) is 10.8. The molecule has 1 heterocycles. The number of likely N-dealkylation sites (tertiary alicyclic amines) is 1. The van der Waals surface area contributed by atoms with Crippen molar-refractivity contribution in [2.45, 2.75) is 58.9 Å². The number of piperidine rings is 1. The van der Waals surface area contributed by atoms with Crippen LogP contribution in [0.3, 0.4) is 0 Å². The van der Waals surface area contributed by atoms with Gasteiger partial charge in [-0.05, 0) is 56.7 Å². The summed E-state index contributed by atoms with van der Waals surface area (Å²) in [6.07, 6.45) is 1.04. The van der Waals surface area contributed by atoms with E-state index in [0.29, 0.717) is 45.6 Å². The highest BCUT2D eigenvalue weighted by Crippen LogP contribution is 2.22. The lowest BCUT2D eigenvalue weighted by Gasteiger charge is -2.35. The molecule has 0 aromatic heterocycles. The van der Waals surface area contributed by atoms with Gasteiger partial charge < -0.3 is 24.6 Å². The first kappa shape index (κ1) is 28.4. The normalized spacial score (nSPS) is 14.4. The molecule has 2 aromatic carbocycles. The van der Waals surface area contributed by atoms with Crippen LogP contribution < -0.4 is 5.32 Å². The number of rotatable bonds is 8. The zero-order chi connectivity index (χ0) is 27.0. The van der Waals surface area contributed by atoms with Crippen LogP contribution in [-0.2, 0) is 29.2 Å². The molecule has 1 aliphatic heterocycles. The quantitative estimate of drug-likeness (QED) is 0.504. The second-order valence-electron chi connectivity index (χ2n) is 10.4. The van der Waals surface area contributed by atoms with Crippen LogP contribution in [0, 0.1) is 17.6 Å². The molecular weight excluding hydrogens is 480 g/mol. The molecule has 1 saturated heterocycles. The Morgan fingerprint density at radius 3 is 2.30 bits per heavy atom. The van der Waals surface area contributed by atoms with Crippen LogP contribution in [0.4, 0.5) is 18.4 Å². The van der Waals surface area contributed by atoms with Crippen LogP contribution >= 0.6 is 0 Å². The number of ether oxygens (including phenoxy) is 2. The van der Waals surface area contributed by atoms with E-state index < -0.39 is 17.2 Å². The van der Waals surface area contributed by atoms with E-state index in [-0.39, 0.29) is 30.2 Å². The first-order valence-corrected chi connectivity index (χ1v) is 12.6. The molecule has 3 rings (SSSR count). The zero-order valence-electron chi connectivity index (χ0n) is 22.1. The molecule has 1 aliphatic rings. The Morgan fingerprint density at radius 2 is 1.70 bits per heavy atom. The van der Waals surface area contributed by atoms with Gasteiger partial charge in [0, 0.05) is 44.9 Å². The Balaban J connectivity index is 1.63. The van der Waals surface area contributed by atoms with E-state index >= 15 is 0 Å². The molecule has 0 bridgehead atoms. The van der Waals surface area contributed by atoms with Crippen molar-refractivity contribution in [2.24, 2.45) is 5.92 Å². The molecule has 0 atom stereocenters. The van der Waals surface area contributed by atoms with Crippen LogP contribution in [0.5, 0.6) is 0 Å². The first-order valence-electron chi connectivity index (χ1n) is 12.6. The summed E-state index contributed by atoms with van der Waals surface area (Å²) < 4.78 is 38.4. The molecule has 0 saturated carbocycles. The van der Waals surface area contributed by atoms with Gasteiger partial charge in [-0.1, -0.05) is 30.3 Å². The molecule has 1 fully saturated rings. The number of carbonyl (C=O) groups excluding carboxylic acids is 2. The summed E-state index contributed by atoms with van der Waals surface area (Å²) in [7, 11) is 1.63. The second-order valence-corrected chi connectivity index (χ2v) is 10.4. The predicted molar refractivity (Wildman–Crippen MR) is 137 cm³/mol. The van der Waals surface area contributed by atoms with Crippen LogP contribution in [0.25, 0.3) is 0 Å². The monoisotopic (exact) mass is 517 g/mol. The molecule has 0 aliphatic carbocycles. The van der Waals surface area contributed by atoms with Gasteiger partial charge in [-0.25, -0.2) is 18.4 Å². The van der Waals surface area contributed by atoms with Crippen molar-refractivity contribution in [2.75, 3.05) is 26.7 Å². The minimum Gasteiger partial charge on any atom is -0.444 e. The van der Waals surface area contributed by atoms with Crippen molar-refractivity contribution in [3.05, 3.63) is 70.8 Å². The number of hydrogen-bond acceptors (Lipinski definition) is 4. The molecule has 1 N–H and O–H groups in total. The average Bonchev–Trinajstić information content (AvgIpc) is 2.84. The van der Waals surface area contributed by atoms with E-state index in [4.69, 9.17) is 9.47 Å². The van der Waals surface area contributed by atoms with Gasteiger partial charge >= 0.3 is 12.1 Å². The first-order chi connectivity index (χ1) is 17.5. The molecule has 3 amide bonds. The lowest BCUT2D eigenvalue weighted by molar-refractivity contribution is 0.0172. The van der Waals surface area contributed by atoms with E-state index in [1.165, 1.54) is 12.1 Å². The minimum absolute atomic E-state index is 0.0109. The summed E-state index contributed by atoms with van der Waals surface area (Å²) in [5, 5.41) is 2.92. The number of urea groups is 1. The highest BCUT2D eigenvalue weighted by molar-refractivity contribution is 5.74. The summed E-state index contributed by atoms with van der Waals surface area (Å²) in [5.74, 6) is -1.23. The summed E-state index contributed by atoms with van der Waals surface area (Å²) in [5.41, 5.74) is 1.63. The summed E-state index contributed by atoms with van der Waals surface area (Å²) in [6.45, 7) is 7.75. The van der Waals surface area contributed by atoms with Crippen LogP contribution in [0.15, 0.2) is 42.5 Å². The number of hydrogen-bond donors (Lipinski definition) is 1. The molecule has 7 nitrogen and oxygen atoms in total. The van der Waals surface area contributed by atoms with Crippen molar-refractivity contribution in [1.29, 1.82) is 0 Å². The van der Waals surface area contributed by atoms with Crippen molar-refractivity contribution >= 4 is 12.1 Å². The number of methoxy groups -OCH3 is 1. The third-order valence-corrected chi connectivity index (χ3v) is 6.19. The third kappa shape index (κ3) is 9.00. The Hall–Kier alpha value is -3.20. The SMILES string of the molecule is COCc1ccc(CNC(=O)N(Cc2ccc(F)cc2F)CC2CCN(C(=O)OC(C)(C)C)CC2)cc1. The molecule has 9 heteroatoms. The van der Waals surface area contributed by atoms with Crippen LogP contribution in [0.1, 0.15) is 50.3 Å². The summed E-state index contributed by atoms with van der Waals surface area (Å²) >= 11 is 0. The van der Waals surface area contributed by atoms with Crippen molar-refractivity contribution in [3.8, 4) is 0 Å². The molecule has 202 valence electrons. The minimum atomic E-state index is -0.689. The van der Waals surface area contributed by atoms with Gasteiger partial charge in [-0.2, -0.15) is 0 Å². The third-order valence-electron chi connectivity index (χ3n) is 6.19. The average molecular weight is 518 g/mol. The van der Waals surface area contributed by atoms with Gasteiger partial charge in [-0.15, -0.1) is 0 Å². The second kappa shape index (κ2) is 12.9. The molecule has 0 spiro atoms. The lowest BCUT2D eigenvalue weighted by Crippen LogP contribution is -2.46. The fourth-order valence-corrected chi connectivity index (χ4v) is 4.22. The van der Waals surface area contributed by atoms with Gasteiger partial charge in [0.1, 0.15) is 17.2 Å². The topological polar surface area (TPSA) is 71.1 Å². The lowest BCUT2D eigenvalue weighted by atomic mass is 9.96. The largest absolute Gasteiger partial charge is 0.444 e. The maximum Gasteiger partial charge on any atom is 0.410 e. The molecular formula is C28H37F2N3O4. The van der Waals surface area contributed by atoms with E-state index in [1.54, 1.807) is 16.9 Å². The van der Waals surface area contributed by atoms with E-state index in [0.717, 1.165) is 17.2 Å². The Labute approximate surface area is 217 Å². The zero-order valence-corrected chi connectivity index (χ0v) is 22.1. The number of nitrogens with zero attached hydrogens (tertiary/aromatic N) is 2. The highest BCUT2D eigenvalue weighted by Gasteiger charge is 2.29. The van der Waals surface area contributed by atoms with Gasteiger partial charge in [0.2, 0.25) is 0 Å². The Kier molecular flexibility index (Phi) is 9.86. The number of carbonyl (C=O) groups is 2. The Bertz CT molecular complexity index is 1050. The van der Waals surface area contributed by atoms with Crippen molar-refractivity contribution in [3.63, 3.8) is 0 Å². The number of benzene rings is 2. The maximum atomic E-state index is 14.4. The smallest absolute Gasteiger partial charge is 0.410 e. The van der Waals surface area contributed by atoms with Gasteiger partial charge in [0.15, 0.2) is 0 Å². The molecule has 2 aromatic rings. The number of amides is 3. The highest BCUT2D eigenvalue weighted by atomic mass is 19.1. The molecule has 37 heavy (non-hydrogen) atoms. The van der Waals surface area contributed by atoms with Crippen molar-refractivity contribution in [1.82, 2.24) is 15.1 Å².